The number of nitrogens with zero attached hydrogens (tertiary/aromatic N) is 3. The van der Waals surface area contributed by atoms with Gasteiger partial charge in [0.15, 0.2) is 4.80 Å². The number of nitro benzene ring substituents is 1. The highest BCUT2D eigenvalue weighted by Crippen LogP contribution is 2.34. The summed E-state index contributed by atoms with van der Waals surface area (Å²) in [4.78, 5) is 17.7. The fourth-order valence-corrected chi connectivity index (χ4v) is 5.30. The van der Waals surface area contributed by atoms with Gasteiger partial charge in [-0.15, -0.1) is 22.7 Å². The molecule has 4 rings (SSSR count). The first-order valence-corrected chi connectivity index (χ1v) is 10.5. The van der Waals surface area contributed by atoms with Crippen LogP contribution in [-0.4, -0.2) is 9.49 Å². The minimum absolute atomic E-state index is 0.0498. The number of rotatable bonds is 4. The lowest BCUT2D eigenvalue weighted by atomic mass is 9.95. The van der Waals surface area contributed by atoms with E-state index in [1.165, 1.54) is 35.9 Å². The number of benzene rings is 1. The summed E-state index contributed by atoms with van der Waals surface area (Å²) < 4.78 is 2.31. The van der Waals surface area contributed by atoms with Gasteiger partial charge < -0.3 is 4.57 Å². The van der Waals surface area contributed by atoms with E-state index in [4.69, 9.17) is 4.99 Å². The average molecular weight is 386 g/mol. The van der Waals surface area contributed by atoms with Crippen molar-refractivity contribution in [3.63, 3.8) is 0 Å². The van der Waals surface area contributed by atoms with E-state index >= 15 is 0 Å². The Labute approximate surface area is 159 Å². The van der Waals surface area contributed by atoms with Gasteiger partial charge in [-0.1, -0.05) is 37.5 Å². The summed E-state index contributed by atoms with van der Waals surface area (Å²) in [5.74, 6) is 0. The van der Waals surface area contributed by atoms with Crippen LogP contribution in [0.4, 0.5) is 11.4 Å². The van der Waals surface area contributed by atoms with Gasteiger partial charge in [-0.05, 0) is 30.4 Å². The molecule has 1 fully saturated rings. The molecule has 1 saturated carbocycles. The molecule has 0 aliphatic heterocycles. The van der Waals surface area contributed by atoms with Crippen molar-refractivity contribution in [3.8, 4) is 10.6 Å². The number of aromatic nitrogens is 1. The average Bonchev–Trinajstić information content (AvgIpc) is 3.32. The number of thiophene rings is 1. The second-order valence-electron chi connectivity index (χ2n) is 6.40. The van der Waals surface area contributed by atoms with Crippen LogP contribution in [0.3, 0.4) is 0 Å². The Kier molecular flexibility index (Phi) is 4.99. The third-order valence-corrected chi connectivity index (χ3v) is 6.48. The van der Waals surface area contributed by atoms with Gasteiger partial charge in [-0.2, -0.15) is 0 Å². The van der Waals surface area contributed by atoms with Gasteiger partial charge >= 0.3 is 0 Å². The summed E-state index contributed by atoms with van der Waals surface area (Å²) in [7, 11) is 0. The molecule has 0 unspecified atom stereocenters. The second-order valence-corrected chi connectivity index (χ2v) is 8.18. The molecule has 0 atom stereocenters. The van der Waals surface area contributed by atoms with E-state index in [0.29, 0.717) is 11.7 Å². The Morgan fingerprint density at radius 1 is 1.08 bits per heavy atom. The largest absolute Gasteiger partial charge is 0.313 e. The third-order valence-electron chi connectivity index (χ3n) is 4.75. The highest BCUT2D eigenvalue weighted by Gasteiger charge is 2.21. The van der Waals surface area contributed by atoms with Gasteiger partial charge in [0.2, 0.25) is 0 Å². The lowest BCUT2D eigenvalue weighted by molar-refractivity contribution is -0.384. The van der Waals surface area contributed by atoms with Crippen LogP contribution < -0.4 is 4.80 Å². The van der Waals surface area contributed by atoms with E-state index < -0.39 is 0 Å². The summed E-state index contributed by atoms with van der Waals surface area (Å²) in [6, 6.07) is 11.3. The molecule has 2 aromatic heterocycles. The van der Waals surface area contributed by atoms with Crippen LogP contribution in [0.2, 0.25) is 0 Å². The van der Waals surface area contributed by atoms with Crippen molar-refractivity contribution >= 4 is 34.0 Å². The molecule has 1 aromatic carbocycles. The lowest BCUT2D eigenvalue weighted by Gasteiger charge is -2.25. The molecule has 0 saturated heterocycles. The normalized spacial score (nSPS) is 16.1. The van der Waals surface area contributed by atoms with E-state index in [1.807, 2.05) is 0 Å². The lowest BCUT2D eigenvalue weighted by Crippen LogP contribution is -2.23. The number of para-hydroxylation sites is 2. The minimum Gasteiger partial charge on any atom is -0.313 e. The zero-order valence-corrected chi connectivity index (χ0v) is 15.8. The SMILES string of the molecule is O=[N+]([O-])c1ccccc1N=c1scc(-c2cccs2)n1C1CCCCC1. The Morgan fingerprint density at radius 3 is 2.62 bits per heavy atom. The van der Waals surface area contributed by atoms with Gasteiger partial charge in [0.25, 0.3) is 5.69 Å². The van der Waals surface area contributed by atoms with Crippen LogP contribution in [0.1, 0.15) is 38.1 Å². The van der Waals surface area contributed by atoms with E-state index in [9.17, 15) is 10.1 Å². The first-order chi connectivity index (χ1) is 12.7. The maximum Gasteiger partial charge on any atom is 0.294 e. The molecule has 5 nitrogen and oxygen atoms in total. The first-order valence-electron chi connectivity index (χ1n) is 8.76. The minimum atomic E-state index is -0.364. The molecular weight excluding hydrogens is 366 g/mol. The Balaban J connectivity index is 1.88. The number of nitro groups is 1. The van der Waals surface area contributed by atoms with Gasteiger partial charge in [0.05, 0.1) is 15.5 Å². The molecule has 7 heteroatoms. The zero-order valence-electron chi connectivity index (χ0n) is 14.2. The number of hydrogen-bond acceptors (Lipinski definition) is 5. The molecule has 0 spiro atoms. The maximum absolute atomic E-state index is 11.3. The summed E-state index contributed by atoms with van der Waals surface area (Å²) >= 11 is 3.28. The van der Waals surface area contributed by atoms with Crippen molar-refractivity contribution in [3.05, 3.63) is 62.1 Å². The molecular formula is C19H19N3O2S2. The van der Waals surface area contributed by atoms with Crippen LogP contribution in [0, 0.1) is 10.1 Å². The summed E-state index contributed by atoms with van der Waals surface area (Å²) in [5, 5.41) is 15.5. The molecule has 1 aliphatic carbocycles. The van der Waals surface area contributed by atoms with Crippen LogP contribution in [-0.2, 0) is 0 Å². The monoisotopic (exact) mass is 385 g/mol. The zero-order chi connectivity index (χ0) is 17.9. The van der Waals surface area contributed by atoms with Gasteiger partial charge in [-0.3, -0.25) is 10.1 Å². The van der Waals surface area contributed by atoms with Crippen molar-refractivity contribution in [2.75, 3.05) is 0 Å². The van der Waals surface area contributed by atoms with Crippen LogP contribution >= 0.6 is 22.7 Å². The maximum atomic E-state index is 11.3. The summed E-state index contributed by atoms with van der Waals surface area (Å²) in [6.07, 6.45) is 6.01. The van der Waals surface area contributed by atoms with Gasteiger partial charge in [0, 0.05) is 17.5 Å². The molecule has 0 amide bonds. The van der Waals surface area contributed by atoms with E-state index in [0.717, 1.165) is 17.6 Å². The molecule has 0 radical (unpaired) electrons. The van der Waals surface area contributed by atoms with E-state index in [1.54, 1.807) is 40.9 Å². The molecule has 2 heterocycles. The first kappa shape index (κ1) is 17.2. The standard InChI is InChI=1S/C19H19N3O2S2/c23-22(24)16-10-5-4-9-15(16)20-19-21(14-7-2-1-3-8-14)17(13-26-19)18-11-6-12-25-18/h4-6,9-14H,1-3,7-8H2. The van der Waals surface area contributed by atoms with Crippen molar-refractivity contribution in [2.24, 2.45) is 4.99 Å². The molecule has 134 valence electrons. The number of hydrogen-bond donors (Lipinski definition) is 0. The summed E-state index contributed by atoms with van der Waals surface area (Å²) in [5.41, 5.74) is 1.64. The predicted octanol–water partition coefficient (Wildman–Crippen LogP) is 5.92. The molecule has 0 bridgehead atoms. The fraction of sp³-hybridized carbons (Fsp3) is 0.316. The topological polar surface area (TPSA) is 60.4 Å². The van der Waals surface area contributed by atoms with Gasteiger partial charge in [-0.25, -0.2) is 4.99 Å². The molecule has 26 heavy (non-hydrogen) atoms. The molecule has 1 aliphatic rings. The van der Waals surface area contributed by atoms with Crippen molar-refractivity contribution in [1.29, 1.82) is 0 Å². The fourth-order valence-electron chi connectivity index (χ4n) is 3.51. The van der Waals surface area contributed by atoms with Crippen molar-refractivity contribution in [1.82, 2.24) is 4.57 Å². The van der Waals surface area contributed by atoms with Crippen LogP contribution in [0.25, 0.3) is 10.6 Å². The van der Waals surface area contributed by atoms with Gasteiger partial charge in [0.1, 0.15) is 5.69 Å². The summed E-state index contributed by atoms with van der Waals surface area (Å²) in [6.45, 7) is 0. The van der Waals surface area contributed by atoms with Crippen molar-refractivity contribution in [2.45, 2.75) is 38.1 Å². The third kappa shape index (κ3) is 3.37. The van der Waals surface area contributed by atoms with Crippen LogP contribution in [0.15, 0.2) is 52.2 Å². The predicted molar refractivity (Wildman–Crippen MR) is 106 cm³/mol. The van der Waals surface area contributed by atoms with E-state index in [-0.39, 0.29) is 10.6 Å². The van der Waals surface area contributed by atoms with Crippen LogP contribution in [0.5, 0.6) is 0 Å². The Hall–Kier alpha value is -2.25. The van der Waals surface area contributed by atoms with E-state index in [2.05, 4.69) is 27.5 Å². The Bertz CT molecular complexity index is 967. The highest BCUT2D eigenvalue weighted by molar-refractivity contribution is 7.14. The second kappa shape index (κ2) is 7.55. The molecule has 3 aromatic rings. The smallest absolute Gasteiger partial charge is 0.294 e. The van der Waals surface area contributed by atoms with Crippen molar-refractivity contribution < 1.29 is 4.92 Å². The number of thiazole rings is 1. The quantitative estimate of drug-likeness (QED) is 0.413. The highest BCUT2D eigenvalue weighted by atomic mass is 32.1. The molecule has 0 N–H and O–H groups in total. The Morgan fingerprint density at radius 2 is 1.88 bits per heavy atom.